The predicted molar refractivity (Wildman–Crippen MR) is 113 cm³/mol. The highest BCUT2D eigenvalue weighted by Crippen LogP contribution is 2.30. The van der Waals surface area contributed by atoms with Crippen LogP contribution in [-0.4, -0.2) is 58.0 Å². The van der Waals surface area contributed by atoms with E-state index >= 15 is 0 Å². The lowest BCUT2D eigenvalue weighted by atomic mass is 10.0. The average Bonchev–Trinajstić information content (AvgIpc) is 3.46. The molecule has 0 aromatic carbocycles. The Labute approximate surface area is 176 Å². The lowest BCUT2D eigenvalue weighted by Gasteiger charge is -2.09. The third kappa shape index (κ3) is 3.61. The normalized spacial score (nSPS) is 18.9. The molecular weight excluding hydrogens is 380 g/mol. The van der Waals surface area contributed by atoms with Crippen LogP contribution in [0.2, 0.25) is 0 Å². The predicted octanol–water partition coefficient (Wildman–Crippen LogP) is 2.17. The molecule has 0 spiro atoms. The largest absolute Gasteiger partial charge is 0.481 e. The lowest BCUT2D eigenvalue weighted by Crippen LogP contribution is -2.14. The molecule has 158 valence electrons. The van der Waals surface area contributed by atoms with Crippen molar-refractivity contribution in [3.05, 3.63) is 41.5 Å². The number of aryl methyl sites for hydroxylation is 1. The van der Waals surface area contributed by atoms with Crippen LogP contribution in [0, 0.1) is 12.8 Å². The van der Waals surface area contributed by atoms with Crippen LogP contribution >= 0.6 is 0 Å². The Hall–Kier alpha value is -2.71. The SMILES string of the molecule is COc1ncc(-n2nc(-c3cnn(CC4CCNC4)c3)c3c2CCOCC3)cc1C. The van der Waals surface area contributed by atoms with E-state index in [0.29, 0.717) is 25.0 Å². The molecule has 0 amide bonds. The smallest absolute Gasteiger partial charge is 0.216 e. The van der Waals surface area contributed by atoms with Gasteiger partial charge in [0, 0.05) is 35.9 Å². The van der Waals surface area contributed by atoms with Gasteiger partial charge >= 0.3 is 0 Å². The summed E-state index contributed by atoms with van der Waals surface area (Å²) in [5.41, 5.74) is 6.45. The van der Waals surface area contributed by atoms with Crippen molar-refractivity contribution in [1.29, 1.82) is 0 Å². The summed E-state index contributed by atoms with van der Waals surface area (Å²) in [6.07, 6.45) is 8.79. The van der Waals surface area contributed by atoms with Gasteiger partial charge in [0.15, 0.2) is 0 Å². The van der Waals surface area contributed by atoms with Crippen LogP contribution in [0.25, 0.3) is 16.9 Å². The molecule has 0 radical (unpaired) electrons. The molecule has 1 saturated heterocycles. The molecule has 2 aliphatic rings. The van der Waals surface area contributed by atoms with Crippen molar-refractivity contribution in [3.8, 4) is 22.8 Å². The first-order chi connectivity index (χ1) is 14.7. The fourth-order valence-electron chi connectivity index (χ4n) is 4.49. The molecule has 3 aromatic rings. The summed E-state index contributed by atoms with van der Waals surface area (Å²) in [5.74, 6) is 1.29. The quantitative estimate of drug-likeness (QED) is 0.697. The highest BCUT2D eigenvalue weighted by molar-refractivity contribution is 5.64. The zero-order chi connectivity index (χ0) is 20.5. The first-order valence-electron chi connectivity index (χ1n) is 10.7. The van der Waals surface area contributed by atoms with Gasteiger partial charge in [-0.25, -0.2) is 9.67 Å². The Bertz CT molecular complexity index is 1030. The highest BCUT2D eigenvalue weighted by atomic mass is 16.5. The monoisotopic (exact) mass is 408 g/mol. The van der Waals surface area contributed by atoms with Crippen LogP contribution in [0.3, 0.4) is 0 Å². The van der Waals surface area contributed by atoms with Crippen LogP contribution in [0.1, 0.15) is 23.2 Å². The lowest BCUT2D eigenvalue weighted by molar-refractivity contribution is 0.145. The Kier molecular flexibility index (Phi) is 5.26. The van der Waals surface area contributed by atoms with E-state index in [4.69, 9.17) is 14.6 Å². The Morgan fingerprint density at radius 1 is 1.27 bits per heavy atom. The van der Waals surface area contributed by atoms with Gasteiger partial charge in [-0.05, 0) is 44.8 Å². The van der Waals surface area contributed by atoms with E-state index in [9.17, 15) is 0 Å². The van der Waals surface area contributed by atoms with Gasteiger partial charge in [-0.2, -0.15) is 10.2 Å². The second-order valence-electron chi connectivity index (χ2n) is 8.13. The van der Waals surface area contributed by atoms with E-state index in [1.54, 1.807) is 7.11 Å². The van der Waals surface area contributed by atoms with Crippen molar-refractivity contribution in [2.24, 2.45) is 5.92 Å². The number of nitrogens with one attached hydrogen (secondary N) is 1. The zero-order valence-electron chi connectivity index (χ0n) is 17.6. The standard InChI is InChI=1S/C22H28N6O2/c1-15-9-18(12-24-22(15)29-2)28-20-5-8-30-7-4-19(20)21(26-28)17-11-25-27(14-17)13-16-3-6-23-10-16/h9,11-12,14,16,23H,3-8,10,13H2,1-2H3. The van der Waals surface area contributed by atoms with Crippen LogP contribution in [0.15, 0.2) is 24.7 Å². The molecule has 5 rings (SSSR count). The first-order valence-corrected chi connectivity index (χ1v) is 10.7. The van der Waals surface area contributed by atoms with Crippen molar-refractivity contribution in [2.45, 2.75) is 32.7 Å². The van der Waals surface area contributed by atoms with Crippen LogP contribution < -0.4 is 10.1 Å². The highest BCUT2D eigenvalue weighted by Gasteiger charge is 2.24. The van der Waals surface area contributed by atoms with Gasteiger partial charge in [0.25, 0.3) is 0 Å². The van der Waals surface area contributed by atoms with E-state index < -0.39 is 0 Å². The van der Waals surface area contributed by atoms with E-state index in [1.165, 1.54) is 17.7 Å². The Morgan fingerprint density at radius 2 is 2.17 bits per heavy atom. The number of methoxy groups -OCH3 is 1. The number of nitrogens with zero attached hydrogens (tertiary/aromatic N) is 5. The summed E-state index contributed by atoms with van der Waals surface area (Å²) >= 11 is 0. The second kappa shape index (κ2) is 8.20. The van der Waals surface area contributed by atoms with Crippen molar-refractivity contribution in [1.82, 2.24) is 29.9 Å². The van der Waals surface area contributed by atoms with E-state index in [-0.39, 0.29) is 0 Å². The van der Waals surface area contributed by atoms with Gasteiger partial charge in [0.2, 0.25) is 5.88 Å². The number of hydrogen-bond donors (Lipinski definition) is 1. The number of hydrogen-bond acceptors (Lipinski definition) is 6. The van der Waals surface area contributed by atoms with Crippen LogP contribution in [0.5, 0.6) is 5.88 Å². The molecule has 8 heteroatoms. The van der Waals surface area contributed by atoms with Crippen molar-refractivity contribution < 1.29 is 9.47 Å². The molecule has 1 N–H and O–H groups in total. The van der Waals surface area contributed by atoms with Gasteiger partial charge in [0.05, 0.1) is 49.8 Å². The number of pyridine rings is 1. The topological polar surface area (TPSA) is 79.0 Å². The third-order valence-corrected chi connectivity index (χ3v) is 6.04. The molecule has 30 heavy (non-hydrogen) atoms. The van der Waals surface area contributed by atoms with E-state index in [0.717, 1.165) is 55.0 Å². The van der Waals surface area contributed by atoms with Crippen molar-refractivity contribution in [2.75, 3.05) is 33.4 Å². The fourth-order valence-corrected chi connectivity index (χ4v) is 4.49. The van der Waals surface area contributed by atoms with Crippen LogP contribution in [0.4, 0.5) is 0 Å². The van der Waals surface area contributed by atoms with Crippen LogP contribution in [-0.2, 0) is 24.1 Å². The fraction of sp³-hybridized carbons (Fsp3) is 0.500. The summed E-state index contributed by atoms with van der Waals surface area (Å²) in [6.45, 7) is 6.54. The minimum atomic E-state index is 0.642. The maximum absolute atomic E-state index is 5.77. The van der Waals surface area contributed by atoms with Gasteiger partial charge in [-0.15, -0.1) is 0 Å². The molecular formula is C22H28N6O2. The van der Waals surface area contributed by atoms with Gasteiger partial charge in [-0.1, -0.05) is 0 Å². The number of ether oxygens (including phenoxy) is 2. The minimum absolute atomic E-state index is 0.642. The summed E-state index contributed by atoms with van der Waals surface area (Å²) in [5, 5.41) is 13.1. The number of fused-ring (bicyclic) bond motifs is 1. The molecule has 5 heterocycles. The maximum Gasteiger partial charge on any atom is 0.216 e. The van der Waals surface area contributed by atoms with Gasteiger partial charge in [-0.3, -0.25) is 4.68 Å². The molecule has 8 nitrogen and oxygen atoms in total. The van der Waals surface area contributed by atoms with E-state index in [2.05, 4.69) is 32.3 Å². The molecule has 2 aliphatic heterocycles. The molecule has 0 bridgehead atoms. The first kappa shape index (κ1) is 19.3. The molecule has 0 aliphatic carbocycles. The van der Waals surface area contributed by atoms with Gasteiger partial charge in [0.1, 0.15) is 0 Å². The molecule has 1 fully saturated rings. The number of rotatable bonds is 5. The molecule has 1 unspecified atom stereocenters. The molecule has 3 aromatic heterocycles. The average molecular weight is 409 g/mol. The summed E-state index contributed by atoms with van der Waals surface area (Å²) < 4.78 is 15.2. The summed E-state index contributed by atoms with van der Waals surface area (Å²) in [6, 6.07) is 2.07. The van der Waals surface area contributed by atoms with E-state index in [1.807, 2.05) is 24.0 Å². The minimum Gasteiger partial charge on any atom is -0.481 e. The third-order valence-electron chi connectivity index (χ3n) is 6.04. The second-order valence-corrected chi connectivity index (χ2v) is 8.13. The molecule has 0 saturated carbocycles. The van der Waals surface area contributed by atoms with Crippen molar-refractivity contribution >= 4 is 0 Å². The maximum atomic E-state index is 5.77. The summed E-state index contributed by atoms with van der Waals surface area (Å²) in [4.78, 5) is 4.45. The van der Waals surface area contributed by atoms with Crippen molar-refractivity contribution in [3.63, 3.8) is 0 Å². The van der Waals surface area contributed by atoms with Gasteiger partial charge < -0.3 is 14.8 Å². The molecule has 1 atom stereocenters. The number of aromatic nitrogens is 5. The Morgan fingerprint density at radius 3 is 2.97 bits per heavy atom. The zero-order valence-corrected chi connectivity index (χ0v) is 17.6. The Balaban J connectivity index is 1.53. The summed E-state index contributed by atoms with van der Waals surface area (Å²) in [7, 11) is 1.64.